The first kappa shape index (κ1) is 24.2. The molecule has 31 heavy (non-hydrogen) atoms. The molecule has 2 rings (SSSR count). The van der Waals surface area contributed by atoms with Gasteiger partial charge in [-0.1, -0.05) is 67.9 Å². The van der Waals surface area contributed by atoms with E-state index in [4.69, 9.17) is 21.1 Å². The molecule has 2 aromatic carbocycles. The van der Waals surface area contributed by atoms with Gasteiger partial charge in [-0.05, 0) is 29.2 Å². The van der Waals surface area contributed by atoms with Crippen LogP contribution in [0.5, 0.6) is 0 Å². The highest BCUT2D eigenvalue weighted by Crippen LogP contribution is 2.12. The predicted molar refractivity (Wildman–Crippen MR) is 117 cm³/mol. The largest absolute Gasteiger partial charge is 0.467 e. The van der Waals surface area contributed by atoms with Crippen molar-refractivity contribution in [2.45, 2.75) is 39.0 Å². The topological polar surface area (TPSA) is 93.7 Å². The summed E-state index contributed by atoms with van der Waals surface area (Å²) in [6.45, 7) is 3.66. The molecule has 2 atom stereocenters. The summed E-state index contributed by atoms with van der Waals surface area (Å²) in [5.74, 6) is -1.33. The maximum atomic E-state index is 12.9. The quantitative estimate of drug-likeness (QED) is 0.575. The minimum atomic E-state index is -0.915. The Morgan fingerprint density at radius 3 is 2.16 bits per heavy atom. The summed E-state index contributed by atoms with van der Waals surface area (Å²) in [7, 11) is 1.25. The molecule has 0 spiro atoms. The van der Waals surface area contributed by atoms with Crippen molar-refractivity contribution >= 4 is 29.6 Å². The Kier molecular flexibility index (Phi) is 9.34. The molecule has 2 amide bonds. The molecule has 2 aromatic rings. The standard InChI is InChI=1S/C23H27ClN2O5/c1-15(2)20(26-23(29)31-14-17-7-5-4-6-8-17)21(27)25-19(22(28)30-3)13-16-9-11-18(24)12-10-16/h4-12,15,19-20H,13-14H2,1-3H3,(H,25,27)(H,26,29)/t19-,20-/m0/s1. The lowest BCUT2D eigenvalue weighted by molar-refractivity contribution is -0.145. The van der Waals surface area contributed by atoms with Crippen LogP contribution in [0.2, 0.25) is 5.02 Å². The Labute approximate surface area is 187 Å². The number of alkyl carbamates (subject to hydrolysis) is 1. The first-order valence-corrected chi connectivity index (χ1v) is 10.3. The lowest BCUT2D eigenvalue weighted by atomic mass is 10.0. The molecule has 0 saturated heterocycles. The van der Waals surface area contributed by atoms with E-state index in [1.807, 2.05) is 30.3 Å². The number of ether oxygens (including phenoxy) is 2. The van der Waals surface area contributed by atoms with Gasteiger partial charge in [0.15, 0.2) is 0 Å². The lowest BCUT2D eigenvalue weighted by Crippen LogP contribution is -2.54. The number of carbonyl (C=O) groups is 3. The zero-order valence-electron chi connectivity index (χ0n) is 17.8. The molecule has 0 aliphatic carbocycles. The van der Waals surface area contributed by atoms with E-state index in [9.17, 15) is 14.4 Å². The SMILES string of the molecule is COC(=O)[C@H](Cc1ccc(Cl)cc1)NC(=O)[C@@H](NC(=O)OCc1ccccc1)C(C)C. The molecular formula is C23H27ClN2O5. The van der Waals surface area contributed by atoms with E-state index in [0.29, 0.717) is 5.02 Å². The van der Waals surface area contributed by atoms with Gasteiger partial charge in [-0.2, -0.15) is 0 Å². The van der Waals surface area contributed by atoms with Gasteiger partial charge in [-0.15, -0.1) is 0 Å². The van der Waals surface area contributed by atoms with Crippen LogP contribution in [0.25, 0.3) is 0 Å². The van der Waals surface area contributed by atoms with Crippen molar-refractivity contribution in [3.63, 3.8) is 0 Å². The van der Waals surface area contributed by atoms with Crippen molar-refractivity contribution in [2.24, 2.45) is 5.92 Å². The number of halogens is 1. The number of methoxy groups -OCH3 is 1. The number of esters is 1. The molecule has 0 aliphatic heterocycles. The highest BCUT2D eigenvalue weighted by molar-refractivity contribution is 6.30. The van der Waals surface area contributed by atoms with Crippen molar-refractivity contribution in [3.05, 3.63) is 70.7 Å². The van der Waals surface area contributed by atoms with E-state index in [0.717, 1.165) is 11.1 Å². The second-order valence-corrected chi connectivity index (χ2v) is 7.78. The fraction of sp³-hybridized carbons (Fsp3) is 0.348. The Bertz CT molecular complexity index is 871. The van der Waals surface area contributed by atoms with E-state index >= 15 is 0 Å². The number of benzene rings is 2. The minimum Gasteiger partial charge on any atom is -0.467 e. The first-order valence-electron chi connectivity index (χ1n) is 9.90. The molecule has 0 aromatic heterocycles. The molecule has 166 valence electrons. The monoisotopic (exact) mass is 446 g/mol. The van der Waals surface area contributed by atoms with Crippen molar-refractivity contribution in [3.8, 4) is 0 Å². The zero-order chi connectivity index (χ0) is 22.8. The molecule has 0 aliphatic rings. The number of hydrogen-bond acceptors (Lipinski definition) is 5. The number of nitrogens with one attached hydrogen (secondary N) is 2. The zero-order valence-corrected chi connectivity index (χ0v) is 18.5. The third kappa shape index (κ3) is 7.94. The highest BCUT2D eigenvalue weighted by atomic mass is 35.5. The third-order valence-electron chi connectivity index (χ3n) is 4.59. The smallest absolute Gasteiger partial charge is 0.408 e. The maximum absolute atomic E-state index is 12.9. The molecule has 0 saturated carbocycles. The van der Waals surface area contributed by atoms with Gasteiger partial charge in [-0.25, -0.2) is 9.59 Å². The number of rotatable bonds is 9. The van der Waals surface area contributed by atoms with Gasteiger partial charge in [0.1, 0.15) is 18.7 Å². The van der Waals surface area contributed by atoms with Gasteiger partial charge in [0.05, 0.1) is 7.11 Å². The molecule has 0 heterocycles. The van der Waals surface area contributed by atoms with Crippen LogP contribution in [0, 0.1) is 5.92 Å². The van der Waals surface area contributed by atoms with Crippen LogP contribution in [-0.4, -0.2) is 37.2 Å². The number of amides is 2. The summed E-state index contributed by atoms with van der Waals surface area (Å²) < 4.78 is 10.0. The molecule has 0 radical (unpaired) electrons. The second kappa shape index (κ2) is 12.0. The maximum Gasteiger partial charge on any atom is 0.408 e. The first-order chi connectivity index (χ1) is 14.8. The summed E-state index contributed by atoms with van der Waals surface area (Å²) in [6.07, 6.45) is -0.496. The van der Waals surface area contributed by atoms with E-state index in [1.54, 1.807) is 38.1 Å². The average Bonchev–Trinajstić information content (AvgIpc) is 2.76. The minimum absolute atomic E-state index is 0.0838. The van der Waals surface area contributed by atoms with Crippen LogP contribution in [0.4, 0.5) is 4.79 Å². The summed E-state index contributed by atoms with van der Waals surface area (Å²) in [5, 5.41) is 5.82. The average molecular weight is 447 g/mol. The van der Waals surface area contributed by atoms with E-state index in [1.165, 1.54) is 7.11 Å². The Hall–Kier alpha value is -3.06. The normalized spacial score (nSPS) is 12.5. The Balaban J connectivity index is 2.00. The number of carbonyl (C=O) groups excluding carboxylic acids is 3. The van der Waals surface area contributed by atoms with Crippen LogP contribution in [0.15, 0.2) is 54.6 Å². The van der Waals surface area contributed by atoms with Gasteiger partial charge in [-0.3, -0.25) is 4.79 Å². The Morgan fingerprint density at radius 1 is 0.935 bits per heavy atom. The van der Waals surface area contributed by atoms with Crippen molar-refractivity contribution in [1.29, 1.82) is 0 Å². The van der Waals surface area contributed by atoms with Crippen LogP contribution >= 0.6 is 11.6 Å². The molecule has 0 unspecified atom stereocenters. The van der Waals surface area contributed by atoms with Gasteiger partial charge in [0, 0.05) is 11.4 Å². The van der Waals surface area contributed by atoms with Crippen LogP contribution in [0.1, 0.15) is 25.0 Å². The third-order valence-corrected chi connectivity index (χ3v) is 4.84. The van der Waals surface area contributed by atoms with E-state index in [2.05, 4.69) is 10.6 Å². The number of hydrogen-bond donors (Lipinski definition) is 2. The highest BCUT2D eigenvalue weighted by Gasteiger charge is 2.29. The fourth-order valence-electron chi connectivity index (χ4n) is 2.88. The van der Waals surface area contributed by atoms with Crippen LogP contribution < -0.4 is 10.6 Å². The van der Waals surface area contributed by atoms with E-state index in [-0.39, 0.29) is 18.9 Å². The summed E-state index contributed by atoms with van der Waals surface area (Å²) >= 11 is 5.90. The molecule has 8 heteroatoms. The molecule has 2 N–H and O–H groups in total. The van der Waals surface area contributed by atoms with E-state index < -0.39 is 30.1 Å². The molecular weight excluding hydrogens is 420 g/mol. The van der Waals surface area contributed by atoms with Crippen molar-refractivity contribution in [1.82, 2.24) is 10.6 Å². The van der Waals surface area contributed by atoms with Crippen molar-refractivity contribution < 1.29 is 23.9 Å². The molecule has 0 fully saturated rings. The molecule has 7 nitrogen and oxygen atoms in total. The summed E-state index contributed by atoms with van der Waals surface area (Å²) in [5.41, 5.74) is 1.63. The van der Waals surface area contributed by atoms with Gasteiger partial charge in [0.2, 0.25) is 5.91 Å². The Morgan fingerprint density at radius 2 is 1.58 bits per heavy atom. The second-order valence-electron chi connectivity index (χ2n) is 7.34. The predicted octanol–water partition coefficient (Wildman–Crippen LogP) is 3.49. The van der Waals surface area contributed by atoms with Crippen LogP contribution in [0.3, 0.4) is 0 Å². The van der Waals surface area contributed by atoms with Gasteiger partial charge >= 0.3 is 12.1 Å². The van der Waals surface area contributed by atoms with Crippen LogP contribution in [-0.2, 0) is 32.1 Å². The fourth-order valence-corrected chi connectivity index (χ4v) is 3.01. The molecule has 0 bridgehead atoms. The summed E-state index contributed by atoms with van der Waals surface area (Å²) in [4.78, 5) is 37.3. The van der Waals surface area contributed by atoms with Gasteiger partial charge < -0.3 is 20.1 Å². The summed E-state index contributed by atoms with van der Waals surface area (Å²) in [6, 6.07) is 14.3. The van der Waals surface area contributed by atoms with Gasteiger partial charge in [0.25, 0.3) is 0 Å². The lowest BCUT2D eigenvalue weighted by Gasteiger charge is -2.24. The van der Waals surface area contributed by atoms with Crippen molar-refractivity contribution in [2.75, 3.05) is 7.11 Å².